The minimum absolute atomic E-state index is 0.116. The van der Waals surface area contributed by atoms with Crippen LogP contribution in [0.5, 0.6) is 0 Å². The Kier molecular flexibility index (Phi) is 2.05. The summed E-state index contributed by atoms with van der Waals surface area (Å²) in [4.78, 5) is 15.0. The number of carboxylic acids is 1. The van der Waals surface area contributed by atoms with Gasteiger partial charge in [0.25, 0.3) is 0 Å². The van der Waals surface area contributed by atoms with E-state index < -0.39 is 5.97 Å². The number of hydrogen-bond donors (Lipinski definition) is 1. The first-order valence-electron chi connectivity index (χ1n) is 2.95. The summed E-state index contributed by atoms with van der Waals surface area (Å²) in [5, 5.41) is 8.56. The molecule has 0 aliphatic carbocycles. The maximum Gasteiger partial charge on any atom is 0.336 e. The zero-order valence-electron chi connectivity index (χ0n) is 6.00. The molecule has 0 spiro atoms. The molecule has 0 aromatic carbocycles. The SMILES string of the molecule is C=C(C(=O)O)c1scnc1C. The van der Waals surface area contributed by atoms with Crippen LogP contribution in [0.4, 0.5) is 0 Å². The Morgan fingerprint density at radius 3 is 2.82 bits per heavy atom. The molecule has 11 heavy (non-hydrogen) atoms. The largest absolute Gasteiger partial charge is 0.478 e. The van der Waals surface area contributed by atoms with E-state index in [1.807, 2.05) is 0 Å². The molecular formula is C7H7NO2S. The summed E-state index contributed by atoms with van der Waals surface area (Å²) in [6.45, 7) is 5.19. The van der Waals surface area contributed by atoms with Gasteiger partial charge in [-0.05, 0) is 6.92 Å². The minimum atomic E-state index is -0.989. The van der Waals surface area contributed by atoms with Crippen LogP contribution in [0.25, 0.3) is 5.57 Å². The highest BCUT2D eigenvalue weighted by molar-refractivity contribution is 7.11. The quantitative estimate of drug-likeness (QED) is 0.683. The first-order chi connectivity index (χ1) is 5.13. The topological polar surface area (TPSA) is 50.2 Å². The Hall–Kier alpha value is -1.16. The molecule has 1 aromatic rings. The van der Waals surface area contributed by atoms with E-state index in [0.717, 1.165) is 5.69 Å². The zero-order valence-corrected chi connectivity index (χ0v) is 6.81. The number of aromatic nitrogens is 1. The van der Waals surface area contributed by atoms with Gasteiger partial charge in [-0.25, -0.2) is 9.78 Å². The predicted molar refractivity (Wildman–Crippen MR) is 43.5 cm³/mol. The van der Waals surface area contributed by atoms with Crippen molar-refractivity contribution in [3.05, 3.63) is 22.7 Å². The third-order valence-electron chi connectivity index (χ3n) is 1.28. The van der Waals surface area contributed by atoms with Crippen LogP contribution in [0.1, 0.15) is 10.6 Å². The van der Waals surface area contributed by atoms with Gasteiger partial charge >= 0.3 is 5.97 Å². The molecule has 0 unspecified atom stereocenters. The number of aryl methyl sites for hydroxylation is 1. The lowest BCUT2D eigenvalue weighted by Crippen LogP contribution is -1.97. The van der Waals surface area contributed by atoms with Crippen LogP contribution in [0.2, 0.25) is 0 Å². The average molecular weight is 169 g/mol. The second-order valence-corrected chi connectivity index (χ2v) is 2.91. The Labute approximate surface area is 68.0 Å². The van der Waals surface area contributed by atoms with Crippen molar-refractivity contribution >= 4 is 22.9 Å². The molecule has 0 aliphatic heterocycles. The van der Waals surface area contributed by atoms with E-state index in [2.05, 4.69) is 11.6 Å². The smallest absolute Gasteiger partial charge is 0.336 e. The molecule has 1 aromatic heterocycles. The van der Waals surface area contributed by atoms with Gasteiger partial charge in [0.15, 0.2) is 0 Å². The summed E-state index contributed by atoms with van der Waals surface area (Å²) in [6, 6.07) is 0. The minimum Gasteiger partial charge on any atom is -0.478 e. The molecule has 0 bridgehead atoms. The molecule has 1 heterocycles. The van der Waals surface area contributed by atoms with Gasteiger partial charge in [0.05, 0.1) is 21.7 Å². The standard InChI is InChI=1S/C7H7NO2S/c1-4(7(9)10)6-5(2)8-3-11-6/h3H,1H2,2H3,(H,9,10). The molecule has 58 valence electrons. The lowest BCUT2D eigenvalue weighted by Gasteiger charge is -1.94. The maximum atomic E-state index is 10.4. The number of carboxylic acid groups (broad SMARTS) is 1. The highest BCUT2D eigenvalue weighted by Gasteiger charge is 2.11. The summed E-state index contributed by atoms with van der Waals surface area (Å²) in [7, 11) is 0. The Balaban J connectivity index is 3.02. The molecule has 0 saturated carbocycles. The van der Waals surface area contributed by atoms with Crippen molar-refractivity contribution in [3.8, 4) is 0 Å². The summed E-state index contributed by atoms with van der Waals surface area (Å²) in [6.07, 6.45) is 0. The Bertz CT molecular complexity index is 303. The van der Waals surface area contributed by atoms with Crippen molar-refractivity contribution < 1.29 is 9.90 Å². The van der Waals surface area contributed by atoms with E-state index in [4.69, 9.17) is 5.11 Å². The predicted octanol–water partition coefficient (Wildman–Crippen LogP) is 1.55. The van der Waals surface area contributed by atoms with E-state index in [1.165, 1.54) is 11.3 Å². The average Bonchev–Trinajstić information content (AvgIpc) is 2.33. The van der Waals surface area contributed by atoms with Gasteiger partial charge in [-0.2, -0.15) is 0 Å². The first-order valence-corrected chi connectivity index (χ1v) is 3.83. The van der Waals surface area contributed by atoms with Gasteiger partial charge in [0.2, 0.25) is 0 Å². The van der Waals surface area contributed by atoms with Crippen LogP contribution < -0.4 is 0 Å². The Morgan fingerprint density at radius 1 is 1.82 bits per heavy atom. The van der Waals surface area contributed by atoms with Crippen molar-refractivity contribution in [2.75, 3.05) is 0 Å². The summed E-state index contributed by atoms with van der Waals surface area (Å²) in [5.41, 5.74) is 2.45. The number of rotatable bonds is 2. The highest BCUT2D eigenvalue weighted by atomic mass is 32.1. The molecule has 1 N–H and O–H groups in total. The Morgan fingerprint density at radius 2 is 2.45 bits per heavy atom. The normalized spacial score (nSPS) is 9.55. The second kappa shape index (κ2) is 2.84. The molecule has 0 aliphatic rings. The first kappa shape index (κ1) is 7.94. The van der Waals surface area contributed by atoms with Gasteiger partial charge < -0.3 is 5.11 Å². The second-order valence-electron chi connectivity index (χ2n) is 2.05. The molecule has 3 nitrogen and oxygen atoms in total. The van der Waals surface area contributed by atoms with Crippen LogP contribution >= 0.6 is 11.3 Å². The number of carbonyl (C=O) groups is 1. The number of thiazole rings is 1. The van der Waals surface area contributed by atoms with E-state index in [-0.39, 0.29) is 5.57 Å². The lowest BCUT2D eigenvalue weighted by atomic mass is 10.2. The van der Waals surface area contributed by atoms with Crippen LogP contribution in [0.15, 0.2) is 12.1 Å². The van der Waals surface area contributed by atoms with E-state index in [1.54, 1.807) is 12.4 Å². The third kappa shape index (κ3) is 1.46. The molecular weight excluding hydrogens is 162 g/mol. The monoisotopic (exact) mass is 169 g/mol. The van der Waals surface area contributed by atoms with Gasteiger partial charge in [-0.1, -0.05) is 6.58 Å². The van der Waals surface area contributed by atoms with Gasteiger partial charge in [-0.15, -0.1) is 11.3 Å². The maximum absolute atomic E-state index is 10.4. The van der Waals surface area contributed by atoms with E-state index >= 15 is 0 Å². The van der Waals surface area contributed by atoms with Crippen LogP contribution in [0, 0.1) is 6.92 Å². The van der Waals surface area contributed by atoms with Crippen LogP contribution in [0.3, 0.4) is 0 Å². The van der Waals surface area contributed by atoms with E-state index in [9.17, 15) is 4.79 Å². The van der Waals surface area contributed by atoms with Crippen molar-refractivity contribution in [3.63, 3.8) is 0 Å². The number of aliphatic carboxylic acids is 1. The van der Waals surface area contributed by atoms with Gasteiger partial charge in [0, 0.05) is 0 Å². The molecule has 4 heteroatoms. The van der Waals surface area contributed by atoms with Crippen molar-refractivity contribution in [2.24, 2.45) is 0 Å². The van der Waals surface area contributed by atoms with Crippen LogP contribution in [-0.4, -0.2) is 16.1 Å². The highest BCUT2D eigenvalue weighted by Crippen LogP contribution is 2.20. The third-order valence-corrected chi connectivity index (χ3v) is 2.27. The fraction of sp³-hybridized carbons (Fsp3) is 0.143. The summed E-state index contributed by atoms with van der Waals surface area (Å²) >= 11 is 1.29. The van der Waals surface area contributed by atoms with Crippen LogP contribution in [-0.2, 0) is 4.79 Å². The fourth-order valence-electron chi connectivity index (χ4n) is 0.689. The van der Waals surface area contributed by atoms with Crippen molar-refractivity contribution in [1.82, 2.24) is 4.98 Å². The molecule has 0 atom stereocenters. The van der Waals surface area contributed by atoms with Gasteiger partial charge in [-0.3, -0.25) is 0 Å². The van der Waals surface area contributed by atoms with E-state index in [0.29, 0.717) is 4.88 Å². The van der Waals surface area contributed by atoms with Crippen molar-refractivity contribution in [1.29, 1.82) is 0 Å². The molecule has 0 radical (unpaired) electrons. The number of nitrogens with zero attached hydrogens (tertiary/aromatic N) is 1. The molecule has 0 amide bonds. The molecule has 1 rings (SSSR count). The lowest BCUT2D eigenvalue weighted by molar-refractivity contribution is -0.130. The fourth-order valence-corrected chi connectivity index (χ4v) is 1.46. The summed E-state index contributed by atoms with van der Waals surface area (Å²) in [5.74, 6) is -0.989. The number of hydrogen-bond acceptors (Lipinski definition) is 3. The molecule has 0 fully saturated rings. The van der Waals surface area contributed by atoms with Gasteiger partial charge in [0.1, 0.15) is 0 Å². The zero-order chi connectivity index (χ0) is 8.43. The molecule has 0 saturated heterocycles. The summed E-state index contributed by atoms with van der Waals surface area (Å²) < 4.78 is 0. The van der Waals surface area contributed by atoms with Crippen molar-refractivity contribution in [2.45, 2.75) is 6.92 Å².